The molecule has 2 heterocycles. The minimum absolute atomic E-state index is 0.524. The number of aromatic nitrogens is 2. The number of nitrogens with zero attached hydrogens (tertiary/aromatic N) is 2. The zero-order valence-electron chi connectivity index (χ0n) is 33.6. The van der Waals surface area contributed by atoms with Crippen molar-refractivity contribution in [2.75, 3.05) is 0 Å². The van der Waals surface area contributed by atoms with E-state index in [1.165, 1.54) is 44.5 Å². The maximum Gasteiger partial charge on any atom is 0.160 e. The molecule has 0 amide bonds. The van der Waals surface area contributed by atoms with Crippen molar-refractivity contribution in [2.24, 2.45) is 0 Å². The Morgan fingerprint density at radius 1 is 0.306 bits per heavy atom. The van der Waals surface area contributed by atoms with Gasteiger partial charge in [0.15, 0.2) is 5.82 Å². The number of benzene rings is 9. The van der Waals surface area contributed by atoms with E-state index < -0.39 is 5.41 Å². The summed E-state index contributed by atoms with van der Waals surface area (Å²) in [7, 11) is 0. The molecule has 0 saturated carbocycles. The Morgan fingerprint density at radius 3 is 1.53 bits per heavy atom. The van der Waals surface area contributed by atoms with Crippen molar-refractivity contribution in [2.45, 2.75) is 5.41 Å². The maximum absolute atomic E-state index is 6.25. The fraction of sp³-hybridized carbons (Fsp3) is 0.0169. The molecule has 0 saturated heterocycles. The van der Waals surface area contributed by atoms with Crippen LogP contribution in [0.5, 0.6) is 0 Å². The van der Waals surface area contributed by atoms with Crippen molar-refractivity contribution in [3.63, 3.8) is 0 Å². The Hall–Kier alpha value is -8.14. The molecule has 3 heteroatoms. The van der Waals surface area contributed by atoms with Gasteiger partial charge in [-0.2, -0.15) is 0 Å². The standard InChI is InChI=1S/C59H36N2O/c1-3-16-37(17-4-1)40-32-41(39-30-31-56-49(35-39)46-23-10-14-29-55(46)62-56)34-42(33-40)53-36-54(61-58(60-53)38-18-5-2-6-19-38)48-25-15-24-47-45-22-9-13-28-52(45)59(57(47)48)50-26-11-7-20-43(50)44-21-8-12-27-51(44)59/h1-36H. The van der Waals surface area contributed by atoms with Gasteiger partial charge in [-0.25, -0.2) is 9.97 Å². The van der Waals surface area contributed by atoms with Crippen LogP contribution in [0.4, 0.5) is 0 Å². The molecule has 3 nitrogen and oxygen atoms in total. The molecule has 0 bridgehead atoms. The number of para-hydroxylation sites is 1. The second kappa shape index (κ2) is 13.4. The fourth-order valence-electron chi connectivity index (χ4n) is 10.5. The molecule has 1 spiro atoms. The van der Waals surface area contributed by atoms with Gasteiger partial charge in [0.25, 0.3) is 0 Å². The zero-order valence-corrected chi connectivity index (χ0v) is 33.6. The molecule has 2 aliphatic rings. The van der Waals surface area contributed by atoms with E-state index in [4.69, 9.17) is 14.4 Å². The van der Waals surface area contributed by atoms with E-state index in [0.29, 0.717) is 5.82 Å². The molecule has 288 valence electrons. The summed E-state index contributed by atoms with van der Waals surface area (Å²) >= 11 is 0. The van der Waals surface area contributed by atoms with Crippen molar-refractivity contribution < 1.29 is 4.42 Å². The van der Waals surface area contributed by atoms with Crippen LogP contribution in [0.15, 0.2) is 223 Å². The molecule has 11 aromatic rings. The highest BCUT2D eigenvalue weighted by Crippen LogP contribution is 2.64. The molecule has 62 heavy (non-hydrogen) atoms. The van der Waals surface area contributed by atoms with Gasteiger partial charge in [-0.3, -0.25) is 0 Å². The number of rotatable bonds is 5. The molecule has 0 N–H and O–H groups in total. The van der Waals surface area contributed by atoms with E-state index in [2.05, 4.69) is 200 Å². The summed E-state index contributed by atoms with van der Waals surface area (Å²) in [6, 6.07) is 78.6. The second-order valence-corrected chi connectivity index (χ2v) is 16.4. The molecule has 0 aliphatic heterocycles. The highest BCUT2D eigenvalue weighted by molar-refractivity contribution is 6.06. The van der Waals surface area contributed by atoms with Crippen molar-refractivity contribution in [3.05, 3.63) is 241 Å². The third kappa shape index (κ3) is 5.06. The van der Waals surface area contributed by atoms with Gasteiger partial charge in [-0.15, -0.1) is 0 Å². The number of hydrogen-bond donors (Lipinski definition) is 0. The van der Waals surface area contributed by atoms with Gasteiger partial charge in [-0.1, -0.05) is 176 Å². The van der Waals surface area contributed by atoms with E-state index in [1.807, 2.05) is 18.2 Å². The Bertz CT molecular complexity index is 3520. The van der Waals surface area contributed by atoms with Crippen LogP contribution in [0.1, 0.15) is 22.3 Å². The van der Waals surface area contributed by atoms with Gasteiger partial charge in [0.05, 0.1) is 16.8 Å². The molecule has 0 fully saturated rings. The van der Waals surface area contributed by atoms with E-state index in [1.54, 1.807) is 0 Å². The summed E-state index contributed by atoms with van der Waals surface area (Å²) in [5, 5.41) is 2.21. The first-order chi connectivity index (χ1) is 30.7. The average molecular weight is 789 g/mol. The van der Waals surface area contributed by atoms with Crippen LogP contribution in [-0.2, 0) is 5.41 Å². The molecular weight excluding hydrogens is 753 g/mol. The molecular formula is C59H36N2O. The van der Waals surface area contributed by atoms with Crippen LogP contribution in [0.3, 0.4) is 0 Å². The second-order valence-electron chi connectivity index (χ2n) is 16.4. The van der Waals surface area contributed by atoms with Gasteiger partial charge >= 0.3 is 0 Å². The monoisotopic (exact) mass is 788 g/mol. The molecule has 0 unspecified atom stereocenters. The SMILES string of the molecule is c1ccc(-c2cc(-c3ccc4oc5ccccc5c4c3)cc(-c3cc(-c4cccc5c4C4(c6ccccc6-c6ccccc64)c4ccccc4-5)nc(-c4ccccc4)n3)c2)cc1. The third-order valence-electron chi connectivity index (χ3n) is 13.1. The number of hydrogen-bond acceptors (Lipinski definition) is 3. The van der Waals surface area contributed by atoms with E-state index in [9.17, 15) is 0 Å². The molecule has 2 aromatic heterocycles. The van der Waals surface area contributed by atoms with Crippen molar-refractivity contribution >= 4 is 21.9 Å². The zero-order chi connectivity index (χ0) is 40.8. The normalized spacial score (nSPS) is 13.0. The number of fused-ring (bicyclic) bond motifs is 13. The van der Waals surface area contributed by atoms with Crippen molar-refractivity contribution in [1.29, 1.82) is 0 Å². The fourth-order valence-corrected chi connectivity index (χ4v) is 10.5. The van der Waals surface area contributed by atoms with Crippen LogP contribution < -0.4 is 0 Å². The summed E-state index contributed by atoms with van der Waals surface area (Å²) in [4.78, 5) is 10.9. The van der Waals surface area contributed by atoms with Crippen LogP contribution >= 0.6 is 0 Å². The lowest BCUT2D eigenvalue weighted by Crippen LogP contribution is -2.26. The van der Waals surface area contributed by atoms with Gasteiger partial charge in [0, 0.05) is 27.5 Å². The third-order valence-corrected chi connectivity index (χ3v) is 13.1. The lowest BCUT2D eigenvalue weighted by Gasteiger charge is -2.32. The van der Waals surface area contributed by atoms with E-state index in [-0.39, 0.29) is 0 Å². The van der Waals surface area contributed by atoms with Crippen LogP contribution in [0.2, 0.25) is 0 Å². The van der Waals surface area contributed by atoms with Crippen molar-refractivity contribution in [3.8, 4) is 78.4 Å². The van der Waals surface area contributed by atoms with Gasteiger partial charge < -0.3 is 4.42 Å². The maximum atomic E-state index is 6.25. The first-order valence-electron chi connectivity index (χ1n) is 21.2. The summed E-state index contributed by atoms with van der Waals surface area (Å²) in [5.74, 6) is 0.686. The Morgan fingerprint density at radius 2 is 0.823 bits per heavy atom. The molecule has 9 aromatic carbocycles. The molecule has 13 rings (SSSR count). The first-order valence-corrected chi connectivity index (χ1v) is 21.2. The van der Waals surface area contributed by atoms with E-state index in [0.717, 1.165) is 72.3 Å². The Balaban J connectivity index is 1.08. The van der Waals surface area contributed by atoms with Gasteiger partial charge in [0.1, 0.15) is 11.2 Å². The predicted octanol–water partition coefficient (Wildman–Crippen LogP) is 15.1. The smallest absolute Gasteiger partial charge is 0.160 e. The van der Waals surface area contributed by atoms with Crippen LogP contribution in [0.25, 0.3) is 100 Å². The molecule has 0 radical (unpaired) electrons. The summed E-state index contributed by atoms with van der Waals surface area (Å²) in [6.07, 6.45) is 0. The Labute approximate surface area is 359 Å². The highest BCUT2D eigenvalue weighted by Gasteiger charge is 2.52. The average Bonchev–Trinajstić information content (AvgIpc) is 3.98. The van der Waals surface area contributed by atoms with Crippen LogP contribution in [0, 0.1) is 0 Å². The summed E-state index contributed by atoms with van der Waals surface area (Å²) in [6.45, 7) is 0. The molecule has 2 aliphatic carbocycles. The summed E-state index contributed by atoms with van der Waals surface area (Å²) < 4.78 is 6.25. The minimum Gasteiger partial charge on any atom is -0.456 e. The summed E-state index contributed by atoms with van der Waals surface area (Å²) in [5.41, 5.74) is 20.8. The van der Waals surface area contributed by atoms with Crippen LogP contribution in [-0.4, -0.2) is 9.97 Å². The topological polar surface area (TPSA) is 38.9 Å². The number of furan rings is 1. The minimum atomic E-state index is -0.524. The Kier molecular flexibility index (Phi) is 7.52. The largest absolute Gasteiger partial charge is 0.456 e. The first kappa shape index (κ1) is 34.7. The predicted molar refractivity (Wildman–Crippen MR) is 253 cm³/mol. The van der Waals surface area contributed by atoms with Crippen molar-refractivity contribution in [1.82, 2.24) is 9.97 Å². The quantitative estimate of drug-likeness (QED) is 0.174. The lowest BCUT2D eigenvalue weighted by molar-refractivity contribution is 0.669. The molecule has 0 atom stereocenters. The van der Waals surface area contributed by atoms with Gasteiger partial charge in [0.2, 0.25) is 0 Å². The van der Waals surface area contributed by atoms with E-state index >= 15 is 0 Å². The highest BCUT2D eigenvalue weighted by atomic mass is 16.3. The lowest BCUT2D eigenvalue weighted by atomic mass is 9.69. The van der Waals surface area contributed by atoms with Gasteiger partial charge in [-0.05, 0) is 109 Å².